The van der Waals surface area contributed by atoms with Crippen molar-refractivity contribution in [3.8, 4) is 0 Å². The van der Waals surface area contributed by atoms with E-state index < -0.39 is 36.9 Å². The molecule has 43 heavy (non-hydrogen) atoms. The standard InChI is InChI=1S/C37H71NO5/c1-3-5-7-9-11-13-14-15-16-17-18-19-20-21-22-23-25-27-29-31-35(41)37(43)38-33(32-39)36(42)34(40)30-28-26-24-12-10-8-6-4-2/h4,6,12,24,33-36,39-42H,3,5,7-11,13-23,25-32H2,1-2H3,(H,38,43)/b6-4+,24-12+. The molecule has 4 atom stereocenters. The first-order valence-corrected chi connectivity index (χ1v) is 18.2. The van der Waals surface area contributed by atoms with Gasteiger partial charge in [0.15, 0.2) is 0 Å². The Labute approximate surface area is 265 Å². The van der Waals surface area contributed by atoms with Crippen LogP contribution in [0.4, 0.5) is 0 Å². The van der Waals surface area contributed by atoms with Gasteiger partial charge >= 0.3 is 0 Å². The van der Waals surface area contributed by atoms with Gasteiger partial charge in [-0.05, 0) is 45.4 Å². The molecule has 0 aromatic carbocycles. The van der Waals surface area contributed by atoms with Crippen LogP contribution in [-0.2, 0) is 4.79 Å². The first-order chi connectivity index (χ1) is 21.0. The molecule has 0 aliphatic rings. The van der Waals surface area contributed by atoms with Crippen molar-refractivity contribution in [1.82, 2.24) is 5.32 Å². The second-order valence-electron chi connectivity index (χ2n) is 12.6. The summed E-state index contributed by atoms with van der Waals surface area (Å²) in [5.74, 6) is -0.600. The summed E-state index contributed by atoms with van der Waals surface area (Å²) in [6.45, 7) is 3.78. The predicted octanol–water partition coefficient (Wildman–Crippen LogP) is 8.45. The van der Waals surface area contributed by atoms with E-state index in [-0.39, 0.29) is 0 Å². The van der Waals surface area contributed by atoms with Crippen molar-refractivity contribution in [1.29, 1.82) is 0 Å². The molecule has 0 aromatic heterocycles. The summed E-state index contributed by atoms with van der Waals surface area (Å²) >= 11 is 0. The predicted molar refractivity (Wildman–Crippen MR) is 182 cm³/mol. The molecule has 254 valence electrons. The zero-order valence-corrected chi connectivity index (χ0v) is 28.2. The summed E-state index contributed by atoms with van der Waals surface area (Å²) in [5, 5.41) is 43.2. The fourth-order valence-corrected chi connectivity index (χ4v) is 5.54. The zero-order valence-electron chi connectivity index (χ0n) is 28.2. The normalized spacial score (nSPS) is 14.8. The van der Waals surface area contributed by atoms with E-state index >= 15 is 0 Å². The third kappa shape index (κ3) is 26.9. The molecule has 0 aliphatic heterocycles. The van der Waals surface area contributed by atoms with Gasteiger partial charge in [0.2, 0.25) is 5.91 Å². The van der Waals surface area contributed by atoms with Gasteiger partial charge in [0.1, 0.15) is 12.2 Å². The molecule has 4 unspecified atom stereocenters. The number of allylic oxidation sites excluding steroid dienone is 4. The van der Waals surface area contributed by atoms with Gasteiger partial charge < -0.3 is 25.7 Å². The molecular weight excluding hydrogens is 538 g/mol. The second-order valence-corrected chi connectivity index (χ2v) is 12.6. The first-order valence-electron chi connectivity index (χ1n) is 18.2. The molecule has 0 saturated heterocycles. The van der Waals surface area contributed by atoms with Crippen molar-refractivity contribution < 1.29 is 25.2 Å². The molecule has 1 amide bonds. The number of amides is 1. The molecular formula is C37H71NO5. The van der Waals surface area contributed by atoms with Crippen molar-refractivity contribution in [2.45, 2.75) is 199 Å². The molecule has 6 heteroatoms. The lowest BCUT2D eigenvalue weighted by atomic mass is 10.00. The number of aliphatic hydroxyl groups is 4. The monoisotopic (exact) mass is 610 g/mol. The van der Waals surface area contributed by atoms with Gasteiger partial charge in [-0.2, -0.15) is 0 Å². The van der Waals surface area contributed by atoms with E-state index in [1.807, 2.05) is 13.0 Å². The van der Waals surface area contributed by atoms with Crippen LogP contribution in [0.2, 0.25) is 0 Å². The Balaban J connectivity index is 3.74. The zero-order chi connectivity index (χ0) is 31.8. The van der Waals surface area contributed by atoms with Crippen molar-refractivity contribution >= 4 is 5.91 Å². The Morgan fingerprint density at radius 2 is 1.05 bits per heavy atom. The largest absolute Gasteiger partial charge is 0.394 e. The maximum absolute atomic E-state index is 12.4. The van der Waals surface area contributed by atoms with Gasteiger partial charge in [-0.25, -0.2) is 0 Å². The van der Waals surface area contributed by atoms with Crippen molar-refractivity contribution in [2.75, 3.05) is 6.61 Å². The van der Waals surface area contributed by atoms with E-state index in [0.717, 1.165) is 38.5 Å². The summed E-state index contributed by atoms with van der Waals surface area (Å²) in [5.41, 5.74) is 0. The summed E-state index contributed by atoms with van der Waals surface area (Å²) in [4.78, 5) is 12.4. The minimum absolute atomic E-state index is 0.363. The van der Waals surface area contributed by atoms with Gasteiger partial charge in [0.25, 0.3) is 0 Å². The molecule has 0 heterocycles. The van der Waals surface area contributed by atoms with E-state index in [2.05, 4.69) is 30.5 Å². The van der Waals surface area contributed by atoms with E-state index in [1.54, 1.807) is 0 Å². The number of rotatable bonds is 32. The maximum Gasteiger partial charge on any atom is 0.249 e. The smallest absolute Gasteiger partial charge is 0.249 e. The first kappa shape index (κ1) is 41.8. The van der Waals surface area contributed by atoms with E-state index in [1.165, 1.54) is 103 Å². The lowest BCUT2D eigenvalue weighted by Gasteiger charge is -2.27. The topological polar surface area (TPSA) is 110 Å². The third-order valence-corrected chi connectivity index (χ3v) is 8.49. The fourth-order valence-electron chi connectivity index (χ4n) is 5.54. The number of carbonyl (C=O) groups excluding carboxylic acids is 1. The Morgan fingerprint density at radius 1 is 0.605 bits per heavy atom. The quantitative estimate of drug-likeness (QED) is 0.0388. The number of hydrogen-bond acceptors (Lipinski definition) is 5. The average Bonchev–Trinajstić information content (AvgIpc) is 3.01. The highest BCUT2D eigenvalue weighted by Gasteiger charge is 2.28. The molecule has 0 radical (unpaired) electrons. The minimum atomic E-state index is -1.28. The molecule has 0 saturated carbocycles. The molecule has 0 fully saturated rings. The molecule has 0 rings (SSSR count). The molecule has 6 nitrogen and oxygen atoms in total. The fraction of sp³-hybridized carbons (Fsp3) is 0.865. The number of carbonyl (C=O) groups is 1. The molecule has 0 bridgehead atoms. The molecule has 0 aromatic rings. The van der Waals surface area contributed by atoms with Crippen LogP contribution in [0.5, 0.6) is 0 Å². The van der Waals surface area contributed by atoms with Crippen molar-refractivity contribution in [3.63, 3.8) is 0 Å². The van der Waals surface area contributed by atoms with Gasteiger partial charge in [-0.3, -0.25) is 4.79 Å². The van der Waals surface area contributed by atoms with Gasteiger partial charge in [-0.15, -0.1) is 0 Å². The SMILES string of the molecule is C/C=C/CC/C=C/CCCC(O)C(O)C(CO)NC(=O)C(O)CCCCCCCCCCCCCCCCCCCCC. The highest BCUT2D eigenvalue weighted by Crippen LogP contribution is 2.15. The highest BCUT2D eigenvalue weighted by molar-refractivity contribution is 5.80. The number of aliphatic hydroxyl groups excluding tert-OH is 4. The Hall–Kier alpha value is -1.21. The van der Waals surface area contributed by atoms with Gasteiger partial charge in [0.05, 0.1) is 18.8 Å². The van der Waals surface area contributed by atoms with E-state index in [9.17, 15) is 25.2 Å². The Kier molecular flexibility index (Phi) is 31.3. The lowest BCUT2D eigenvalue weighted by Crippen LogP contribution is -2.53. The highest BCUT2D eigenvalue weighted by atomic mass is 16.3. The third-order valence-electron chi connectivity index (χ3n) is 8.49. The van der Waals surface area contributed by atoms with Crippen LogP contribution in [0.3, 0.4) is 0 Å². The van der Waals surface area contributed by atoms with Crippen LogP contribution < -0.4 is 5.32 Å². The van der Waals surface area contributed by atoms with Crippen LogP contribution in [0.15, 0.2) is 24.3 Å². The molecule has 5 N–H and O–H groups in total. The summed E-state index contributed by atoms with van der Waals surface area (Å²) in [7, 11) is 0. The number of nitrogens with one attached hydrogen (secondary N) is 1. The second kappa shape index (κ2) is 32.2. The van der Waals surface area contributed by atoms with Crippen LogP contribution >= 0.6 is 0 Å². The number of hydrogen-bond donors (Lipinski definition) is 5. The van der Waals surface area contributed by atoms with Crippen molar-refractivity contribution in [3.05, 3.63) is 24.3 Å². The maximum atomic E-state index is 12.4. The molecule has 0 spiro atoms. The van der Waals surface area contributed by atoms with Crippen LogP contribution in [0.25, 0.3) is 0 Å². The summed E-state index contributed by atoms with van der Waals surface area (Å²) in [6.07, 6.45) is 33.8. The van der Waals surface area contributed by atoms with E-state index in [0.29, 0.717) is 19.3 Å². The minimum Gasteiger partial charge on any atom is -0.394 e. The van der Waals surface area contributed by atoms with Gasteiger partial charge in [0, 0.05) is 0 Å². The average molecular weight is 610 g/mol. The molecule has 0 aliphatic carbocycles. The van der Waals surface area contributed by atoms with Crippen LogP contribution in [0, 0.1) is 0 Å². The van der Waals surface area contributed by atoms with Crippen LogP contribution in [-0.4, -0.2) is 57.3 Å². The van der Waals surface area contributed by atoms with E-state index in [4.69, 9.17) is 0 Å². The summed E-state index contributed by atoms with van der Waals surface area (Å²) < 4.78 is 0. The lowest BCUT2D eigenvalue weighted by molar-refractivity contribution is -0.132. The van der Waals surface area contributed by atoms with Gasteiger partial charge in [-0.1, -0.05) is 153 Å². The number of unbranched alkanes of at least 4 members (excludes halogenated alkanes) is 20. The summed E-state index contributed by atoms with van der Waals surface area (Å²) in [6, 6.07) is -1.00. The Bertz CT molecular complexity index is 653. The van der Waals surface area contributed by atoms with Crippen molar-refractivity contribution in [2.24, 2.45) is 0 Å². The Morgan fingerprint density at radius 3 is 1.51 bits per heavy atom. The van der Waals surface area contributed by atoms with Crippen LogP contribution in [0.1, 0.15) is 174 Å².